The van der Waals surface area contributed by atoms with Crippen LogP contribution in [0.4, 0.5) is 5.69 Å². The van der Waals surface area contributed by atoms with E-state index in [0.717, 1.165) is 18.5 Å². The van der Waals surface area contributed by atoms with Crippen LogP contribution in [-0.2, 0) is 0 Å². The monoisotopic (exact) mass is 354 g/mol. The minimum Gasteiger partial charge on any atom is -0.496 e. The number of ether oxygens (including phenoxy) is 1. The van der Waals surface area contributed by atoms with Crippen LogP contribution in [0.3, 0.4) is 0 Å². The summed E-state index contributed by atoms with van der Waals surface area (Å²) < 4.78 is 7.42. The van der Waals surface area contributed by atoms with Gasteiger partial charge in [-0.2, -0.15) is 5.10 Å². The third-order valence-corrected chi connectivity index (χ3v) is 5.20. The van der Waals surface area contributed by atoms with Gasteiger partial charge in [-0.25, -0.2) is 4.98 Å². The van der Waals surface area contributed by atoms with Crippen LogP contribution in [-0.4, -0.2) is 22.2 Å². The van der Waals surface area contributed by atoms with Gasteiger partial charge in [0.25, 0.3) is 0 Å². The lowest BCUT2D eigenvalue weighted by Crippen LogP contribution is -2.45. The molecule has 4 N–H and O–H groups in total. The van der Waals surface area contributed by atoms with E-state index in [2.05, 4.69) is 10.1 Å². The quantitative estimate of drug-likeness (QED) is 0.497. The third-order valence-electron chi connectivity index (χ3n) is 5.20. The standard InChI is InChI=1S/C19H23N5O2/c1-11-16-17(24(23-11)13-6-4-3-5-7-13)19(25)22-18(21-16)14-9-8-12(20)10-15(14)26-2/h8-10,13H,3-7H2,1-2H3,(H3,20,21,22,25)/p+1. The first-order valence-electron chi connectivity index (χ1n) is 9.06. The molecule has 0 atom stereocenters. The summed E-state index contributed by atoms with van der Waals surface area (Å²) in [6.45, 7) is 1.96. The van der Waals surface area contributed by atoms with Gasteiger partial charge < -0.3 is 15.5 Å². The highest BCUT2D eigenvalue weighted by Crippen LogP contribution is 2.30. The van der Waals surface area contributed by atoms with Crippen molar-refractivity contribution >= 4 is 16.7 Å². The predicted octanol–water partition coefficient (Wildman–Crippen LogP) is 2.61. The number of nitrogen functional groups attached to an aromatic ring is 1. The van der Waals surface area contributed by atoms with E-state index >= 15 is 0 Å². The molecule has 136 valence electrons. The molecule has 0 unspecified atom stereocenters. The Morgan fingerprint density at radius 2 is 2.04 bits per heavy atom. The SMILES string of the molecule is COc1cc(N)ccc1-c1nc2c(C)[nH][n+](C3CCCCC3)c2c(=O)[nH]1. The Hall–Kier alpha value is -2.83. The number of methoxy groups -OCH3 is 1. The van der Waals surface area contributed by atoms with E-state index in [4.69, 9.17) is 15.5 Å². The van der Waals surface area contributed by atoms with Crippen molar-refractivity contribution in [1.82, 2.24) is 15.1 Å². The van der Waals surface area contributed by atoms with Gasteiger partial charge in [0.05, 0.1) is 12.7 Å². The maximum absolute atomic E-state index is 12.9. The van der Waals surface area contributed by atoms with Gasteiger partial charge in [-0.15, -0.1) is 4.68 Å². The predicted molar refractivity (Wildman–Crippen MR) is 100 cm³/mol. The molecular formula is C19H24N5O2+. The maximum Gasteiger partial charge on any atom is 0.326 e. The number of hydrogen-bond acceptors (Lipinski definition) is 4. The smallest absolute Gasteiger partial charge is 0.326 e. The number of aromatic nitrogens is 4. The molecule has 2 aromatic heterocycles. The summed E-state index contributed by atoms with van der Waals surface area (Å²) in [5.41, 5.74) is 9.22. The summed E-state index contributed by atoms with van der Waals surface area (Å²) in [4.78, 5) is 20.6. The zero-order valence-corrected chi connectivity index (χ0v) is 15.1. The highest BCUT2D eigenvalue weighted by atomic mass is 16.5. The zero-order chi connectivity index (χ0) is 18.3. The van der Waals surface area contributed by atoms with Crippen molar-refractivity contribution in [3.63, 3.8) is 0 Å². The largest absolute Gasteiger partial charge is 0.496 e. The molecule has 1 aromatic carbocycles. The Morgan fingerprint density at radius 1 is 1.27 bits per heavy atom. The zero-order valence-electron chi connectivity index (χ0n) is 15.1. The van der Waals surface area contributed by atoms with E-state index in [-0.39, 0.29) is 5.56 Å². The van der Waals surface area contributed by atoms with E-state index in [9.17, 15) is 4.79 Å². The van der Waals surface area contributed by atoms with Gasteiger partial charge in [0, 0.05) is 24.6 Å². The van der Waals surface area contributed by atoms with E-state index in [0.29, 0.717) is 39.9 Å². The minimum absolute atomic E-state index is 0.140. The van der Waals surface area contributed by atoms with Gasteiger partial charge in [0.2, 0.25) is 0 Å². The van der Waals surface area contributed by atoms with Crippen molar-refractivity contribution in [2.24, 2.45) is 0 Å². The molecule has 1 fully saturated rings. The number of nitrogens with two attached hydrogens (primary N) is 1. The van der Waals surface area contributed by atoms with Gasteiger partial charge in [-0.3, -0.25) is 4.79 Å². The molecule has 3 aromatic rings. The van der Waals surface area contributed by atoms with Crippen LogP contribution >= 0.6 is 0 Å². The average Bonchev–Trinajstić information content (AvgIpc) is 2.99. The normalized spacial score (nSPS) is 15.5. The lowest BCUT2D eigenvalue weighted by atomic mass is 9.95. The fourth-order valence-corrected chi connectivity index (χ4v) is 3.89. The van der Waals surface area contributed by atoms with Gasteiger partial charge in [0.15, 0.2) is 11.6 Å². The minimum atomic E-state index is -0.140. The number of nitrogens with one attached hydrogen (secondary N) is 2. The molecule has 4 rings (SSSR count). The fourth-order valence-electron chi connectivity index (χ4n) is 3.89. The Labute approximate surface area is 151 Å². The Morgan fingerprint density at radius 3 is 2.77 bits per heavy atom. The molecule has 0 aliphatic heterocycles. The fraction of sp³-hybridized carbons (Fsp3) is 0.421. The number of H-pyrrole nitrogens is 2. The van der Waals surface area contributed by atoms with Crippen LogP contribution in [0.1, 0.15) is 43.8 Å². The van der Waals surface area contributed by atoms with Crippen molar-refractivity contribution in [3.05, 3.63) is 34.2 Å². The first-order chi connectivity index (χ1) is 12.6. The number of hydrogen-bond donors (Lipinski definition) is 3. The van der Waals surface area contributed by atoms with Crippen molar-refractivity contribution < 1.29 is 9.42 Å². The maximum atomic E-state index is 12.9. The molecule has 2 heterocycles. The van der Waals surface area contributed by atoms with Gasteiger partial charge in [-0.1, -0.05) is 6.42 Å². The van der Waals surface area contributed by atoms with Crippen LogP contribution in [0.2, 0.25) is 0 Å². The van der Waals surface area contributed by atoms with E-state index in [1.54, 1.807) is 19.2 Å². The van der Waals surface area contributed by atoms with Crippen molar-refractivity contribution in [2.45, 2.75) is 45.1 Å². The van der Waals surface area contributed by atoms with Crippen LogP contribution < -0.4 is 20.7 Å². The molecule has 26 heavy (non-hydrogen) atoms. The highest BCUT2D eigenvalue weighted by Gasteiger charge is 2.30. The average molecular weight is 354 g/mol. The second kappa shape index (κ2) is 6.48. The van der Waals surface area contributed by atoms with E-state index in [1.807, 2.05) is 17.7 Å². The number of benzene rings is 1. The summed E-state index contributed by atoms with van der Waals surface area (Å²) in [7, 11) is 1.58. The van der Waals surface area contributed by atoms with E-state index < -0.39 is 0 Å². The summed E-state index contributed by atoms with van der Waals surface area (Å²) in [6, 6.07) is 5.65. The third kappa shape index (κ3) is 2.73. The molecule has 1 aliphatic carbocycles. The van der Waals surface area contributed by atoms with Crippen LogP contribution in [0.25, 0.3) is 22.4 Å². The highest BCUT2D eigenvalue weighted by molar-refractivity contribution is 5.77. The number of aromatic amines is 2. The molecule has 7 nitrogen and oxygen atoms in total. The summed E-state index contributed by atoms with van der Waals surface area (Å²) in [5.74, 6) is 1.07. The van der Waals surface area contributed by atoms with Crippen molar-refractivity contribution in [2.75, 3.05) is 12.8 Å². The second-order valence-corrected chi connectivity index (χ2v) is 6.97. The van der Waals surface area contributed by atoms with Crippen LogP contribution in [0.5, 0.6) is 5.75 Å². The topological polar surface area (TPSA) is 101 Å². The number of nitrogens with zero attached hydrogens (tertiary/aromatic N) is 2. The first-order valence-corrected chi connectivity index (χ1v) is 9.06. The molecule has 0 bridgehead atoms. The molecule has 0 radical (unpaired) electrons. The molecule has 0 saturated heterocycles. The Bertz CT molecular complexity index is 1010. The molecular weight excluding hydrogens is 330 g/mol. The van der Waals surface area contributed by atoms with Crippen LogP contribution in [0, 0.1) is 6.92 Å². The van der Waals surface area contributed by atoms with Gasteiger partial charge in [0.1, 0.15) is 17.3 Å². The first kappa shape index (κ1) is 16.6. The molecule has 1 aliphatic rings. The Balaban J connectivity index is 1.88. The number of anilines is 1. The molecule has 1 saturated carbocycles. The van der Waals surface area contributed by atoms with Gasteiger partial charge in [-0.05, 0) is 31.9 Å². The Kier molecular flexibility index (Phi) is 4.14. The second-order valence-electron chi connectivity index (χ2n) is 6.97. The lowest BCUT2D eigenvalue weighted by molar-refractivity contribution is -0.754. The van der Waals surface area contributed by atoms with Gasteiger partial charge >= 0.3 is 11.1 Å². The van der Waals surface area contributed by atoms with Crippen molar-refractivity contribution in [1.29, 1.82) is 0 Å². The molecule has 0 spiro atoms. The number of rotatable bonds is 3. The summed E-state index contributed by atoms with van der Waals surface area (Å²) >= 11 is 0. The van der Waals surface area contributed by atoms with Crippen LogP contribution in [0.15, 0.2) is 23.0 Å². The molecule has 0 amide bonds. The lowest BCUT2D eigenvalue weighted by Gasteiger charge is -2.15. The summed E-state index contributed by atoms with van der Waals surface area (Å²) in [6.07, 6.45) is 5.84. The molecule has 7 heteroatoms. The van der Waals surface area contributed by atoms with Crippen molar-refractivity contribution in [3.8, 4) is 17.1 Å². The van der Waals surface area contributed by atoms with E-state index in [1.165, 1.54) is 19.3 Å². The summed E-state index contributed by atoms with van der Waals surface area (Å²) in [5, 5.41) is 3.36. The number of fused-ring (bicyclic) bond motifs is 1. The number of aryl methyl sites for hydroxylation is 1.